The van der Waals surface area contributed by atoms with Crippen LogP contribution in [-0.4, -0.2) is 138 Å². The van der Waals surface area contributed by atoms with Gasteiger partial charge >= 0.3 is 0 Å². The molecule has 0 aromatic rings. The summed E-state index contributed by atoms with van der Waals surface area (Å²) in [6, 6.07) is 0. The fourth-order valence-electron chi connectivity index (χ4n) is 0.163. The number of hydrogen-bond acceptors (Lipinski definition) is 12. The molecule has 8 atom stereocenters. The molecule has 0 heterocycles. The van der Waals surface area contributed by atoms with E-state index in [1.165, 1.54) is 0 Å². The summed E-state index contributed by atoms with van der Waals surface area (Å²) < 4.78 is 51.3. The molecular formula is C16H56O12S4. The van der Waals surface area contributed by atoms with Crippen molar-refractivity contribution in [2.45, 2.75) is 54.0 Å². The van der Waals surface area contributed by atoms with Gasteiger partial charge in [-0.15, -0.1) is 0 Å². The zero-order valence-electron chi connectivity index (χ0n) is 22.5. The monoisotopic (exact) mass is 584 g/mol. The average molecular weight is 585 g/mol. The van der Waals surface area contributed by atoms with Crippen molar-refractivity contribution in [3.05, 3.63) is 0 Å². The summed E-state index contributed by atoms with van der Waals surface area (Å²) >= 11 is 0. The first kappa shape index (κ1) is 40.1. The molecule has 0 unspecified atom stereocenters. The van der Waals surface area contributed by atoms with Gasteiger partial charge in [0.15, 0.2) is 0 Å². The summed E-state index contributed by atoms with van der Waals surface area (Å²) in [5.41, 5.74) is 0. The van der Waals surface area contributed by atoms with E-state index in [-0.39, 0.29) is 83.7 Å². The number of rotatable bonds is 8. The van der Waals surface area contributed by atoms with Gasteiger partial charge < -0.3 is 61.3 Å². The van der Waals surface area contributed by atoms with Crippen molar-refractivity contribution in [1.29, 1.82) is 0 Å². The van der Waals surface area contributed by atoms with Crippen molar-refractivity contribution < 1.29 is 72.2 Å². The van der Waals surface area contributed by atoms with E-state index in [9.17, 15) is 0 Å². The first-order valence-electron chi connectivity index (χ1n) is 10.1. The lowest BCUT2D eigenvalue weighted by atomic mass is 11.0. The lowest BCUT2D eigenvalue weighted by Gasteiger charge is -1.96. The summed E-state index contributed by atoms with van der Waals surface area (Å²) in [7, 11) is 0. The van der Waals surface area contributed by atoms with Gasteiger partial charge in [0.2, 0.25) is 0 Å². The second kappa shape index (κ2) is 69.7. The van der Waals surface area contributed by atoms with Gasteiger partial charge in [0, 0.05) is 0 Å². The Morgan fingerprint density at radius 3 is 0.500 bits per heavy atom. The van der Waals surface area contributed by atoms with Crippen LogP contribution in [-0.2, 0) is 0 Å². The average Bonchev–Trinajstić information content (AvgIpc) is 2.68. The maximum Gasteiger partial charge on any atom is 0.100 e. The summed E-state index contributed by atoms with van der Waals surface area (Å²) in [4.78, 5) is 0. The molecule has 0 radical (unpaired) electrons. The van der Waals surface area contributed by atoms with E-state index in [4.69, 9.17) is 72.2 Å². The topological polar surface area (TPSA) is 243 Å². The Morgan fingerprint density at radius 1 is 0.406 bits per heavy atom. The Bertz CT molecular complexity index is 396. The molecule has 16 heteroatoms. The Hall–Kier alpha value is 0.920. The molecule has 0 bridgehead atoms. The lowest BCUT2D eigenvalue weighted by Crippen LogP contribution is -2.15. The Balaban J connectivity index is -0.0000000245. The van der Waals surface area contributed by atoms with Gasteiger partial charge in [-0.3, -0.25) is 0 Å². The first-order valence-corrected chi connectivity index (χ1v) is 5.76. The van der Waals surface area contributed by atoms with Crippen molar-refractivity contribution in [2.75, 3.05) is 52.8 Å². The lowest BCUT2D eigenvalue weighted by molar-refractivity contribution is 0.0450. The van der Waals surface area contributed by atoms with Crippen molar-refractivity contribution in [2.24, 2.45) is 0 Å². The SMILES string of the molecule is C.C.C.C.S.S.S.S.[2H][13C@@H](O)[13C@@]([2H])(O)CO.[2H][13C@@H](O)[13C@]([2H])(O)CO.[2H][13C@H](O)[13C@@]([2H])(O)CO.[2H][13C@H](O)[13C@]([2H])(O)CO. The van der Waals surface area contributed by atoms with Gasteiger partial charge in [0.05, 0.1) is 63.7 Å². The molecule has 0 saturated carbocycles. The van der Waals surface area contributed by atoms with E-state index < -0.39 is 77.1 Å². The molecule has 216 valence electrons. The first-order chi connectivity index (χ1) is 14.0. The zero-order chi connectivity index (χ0) is 27.1. The third-order valence-electron chi connectivity index (χ3n) is 1.24. The van der Waals surface area contributed by atoms with E-state index in [1.807, 2.05) is 0 Å². The van der Waals surface area contributed by atoms with Gasteiger partial charge in [0.1, 0.15) is 24.3 Å². The van der Waals surface area contributed by atoms with Gasteiger partial charge in [0.25, 0.3) is 0 Å². The van der Waals surface area contributed by atoms with Gasteiger partial charge in [-0.2, -0.15) is 54.0 Å². The van der Waals surface area contributed by atoms with E-state index in [2.05, 4.69) is 0 Å². The van der Waals surface area contributed by atoms with Crippen LogP contribution in [0.25, 0.3) is 0 Å². The molecule has 0 aliphatic carbocycles. The number of hydrogen-bond donors (Lipinski definition) is 12. The molecule has 0 aromatic carbocycles. The minimum atomic E-state index is -2.43. The molecule has 0 spiro atoms. The van der Waals surface area contributed by atoms with E-state index in [0.29, 0.717) is 0 Å². The summed E-state index contributed by atoms with van der Waals surface area (Å²) in [6.45, 7) is -11.6. The van der Waals surface area contributed by atoms with Crippen LogP contribution < -0.4 is 0 Å². The predicted octanol–water partition coefficient (Wildman–Crippen LogP) is -3.68. The normalized spacial score (nSPS) is 22.4. The highest BCUT2D eigenvalue weighted by Gasteiger charge is 1.95. The van der Waals surface area contributed by atoms with Crippen LogP contribution >= 0.6 is 54.0 Å². The minimum absolute atomic E-state index is 0. The number of aliphatic hydroxyl groups excluding tert-OH is 8. The zero-order valence-corrected chi connectivity index (χ0v) is 18.5. The maximum atomic E-state index is 8.38. The molecule has 0 saturated heterocycles. The quantitative estimate of drug-likeness (QED) is 0.123. The number of aliphatic hydroxyl groups is 12. The molecular weight excluding hydrogens is 520 g/mol. The van der Waals surface area contributed by atoms with Crippen molar-refractivity contribution in [3.8, 4) is 0 Å². The maximum absolute atomic E-state index is 8.38. The van der Waals surface area contributed by atoms with Crippen molar-refractivity contribution in [1.82, 2.24) is 0 Å². The molecule has 0 rings (SSSR count). The molecule has 0 aliphatic heterocycles. The van der Waals surface area contributed by atoms with Crippen LogP contribution in [0.5, 0.6) is 0 Å². The van der Waals surface area contributed by atoms with Crippen molar-refractivity contribution >= 4 is 54.0 Å². The summed E-state index contributed by atoms with van der Waals surface area (Å²) in [5, 5.41) is 98.3. The molecule has 0 aliphatic rings. The van der Waals surface area contributed by atoms with Crippen LogP contribution in [0.15, 0.2) is 0 Å². The fourth-order valence-corrected chi connectivity index (χ4v) is 0.163. The van der Waals surface area contributed by atoms with E-state index in [1.54, 1.807) is 0 Å². The smallest absolute Gasteiger partial charge is 0.100 e. The molecule has 32 heavy (non-hydrogen) atoms. The third-order valence-corrected chi connectivity index (χ3v) is 1.24. The van der Waals surface area contributed by atoms with Crippen LogP contribution in [0, 0.1) is 0 Å². The summed E-state index contributed by atoms with van der Waals surface area (Å²) in [5.74, 6) is 0. The van der Waals surface area contributed by atoms with E-state index in [0.717, 1.165) is 0 Å². The summed E-state index contributed by atoms with van der Waals surface area (Å²) in [6.07, 6.45) is -9.72. The Kier molecular flexibility index (Phi) is 87.4. The molecule has 0 aromatic heterocycles. The molecule has 0 fully saturated rings. The molecule has 0 amide bonds. The molecule has 12 N–H and O–H groups in total. The van der Waals surface area contributed by atoms with Gasteiger partial charge in [-0.25, -0.2) is 0 Å². The van der Waals surface area contributed by atoms with Gasteiger partial charge in [-0.1, -0.05) is 29.7 Å². The minimum Gasteiger partial charge on any atom is -0.394 e. The standard InChI is InChI=1S/4C3H8O3.4CH4.4H2S/c4*4-1-3(6)2-5;;;;;;;;/h4*3-6H,1-2H2;4*1H4;4*1H2/i4*1+1D,3+1D;;;;;;;;/t2*1-,3+;2*1-,3-;;;;;;;;/m1010......../s1. The highest BCUT2D eigenvalue weighted by Crippen LogP contribution is 1.73. The predicted molar refractivity (Wildman–Crippen MR) is 149 cm³/mol. The highest BCUT2D eigenvalue weighted by molar-refractivity contribution is 7.59. The second-order valence-corrected chi connectivity index (χ2v) is 3.11. The fraction of sp³-hybridized carbons (Fsp3) is 1.00. The van der Waals surface area contributed by atoms with Crippen LogP contribution in [0.1, 0.15) is 40.7 Å². The van der Waals surface area contributed by atoms with Crippen LogP contribution in [0.3, 0.4) is 0 Å². The van der Waals surface area contributed by atoms with Crippen LogP contribution in [0.4, 0.5) is 0 Å². The second-order valence-electron chi connectivity index (χ2n) is 3.11. The van der Waals surface area contributed by atoms with E-state index >= 15 is 0 Å². The van der Waals surface area contributed by atoms with Crippen LogP contribution in [0.2, 0.25) is 0 Å². The highest BCUT2D eigenvalue weighted by atomic mass is 32.1. The molecule has 12 nitrogen and oxygen atoms in total. The Labute approximate surface area is 233 Å². The largest absolute Gasteiger partial charge is 0.394 e. The van der Waals surface area contributed by atoms with Crippen molar-refractivity contribution in [3.63, 3.8) is 0 Å². The van der Waals surface area contributed by atoms with Gasteiger partial charge in [-0.05, 0) is 0 Å². The Morgan fingerprint density at radius 2 is 0.500 bits per heavy atom. The third kappa shape index (κ3) is 96.7.